The van der Waals surface area contributed by atoms with E-state index in [9.17, 15) is 14.7 Å². The van der Waals surface area contributed by atoms with Gasteiger partial charge in [0.25, 0.3) is 11.7 Å². The van der Waals surface area contributed by atoms with Crippen LogP contribution < -0.4 is 4.74 Å². The van der Waals surface area contributed by atoms with E-state index in [0.29, 0.717) is 17.9 Å². The average molecular weight is 497 g/mol. The van der Waals surface area contributed by atoms with E-state index in [0.717, 1.165) is 21.6 Å². The van der Waals surface area contributed by atoms with Gasteiger partial charge in [-0.15, -0.1) is 11.3 Å². The normalized spacial score (nSPS) is 16.9. The second-order valence-corrected chi connectivity index (χ2v) is 9.53. The first-order valence-corrected chi connectivity index (χ1v) is 12.4. The molecule has 7 heteroatoms. The van der Waals surface area contributed by atoms with Crippen molar-refractivity contribution in [1.82, 2.24) is 9.88 Å². The second-order valence-electron chi connectivity index (χ2n) is 8.55. The van der Waals surface area contributed by atoms with E-state index >= 15 is 0 Å². The summed E-state index contributed by atoms with van der Waals surface area (Å²) in [5.41, 5.74) is 3.17. The van der Waals surface area contributed by atoms with Crippen LogP contribution in [0.3, 0.4) is 0 Å². The molecule has 1 saturated heterocycles. The number of amides is 1. The molecule has 6 nitrogen and oxygen atoms in total. The van der Waals surface area contributed by atoms with Crippen LogP contribution in [0.15, 0.2) is 96.1 Å². The molecule has 2 aromatic carbocycles. The fraction of sp³-hybridized carbons (Fsp3) is 0.138. The van der Waals surface area contributed by atoms with E-state index < -0.39 is 17.7 Å². The van der Waals surface area contributed by atoms with Gasteiger partial charge in [0.2, 0.25) is 0 Å². The van der Waals surface area contributed by atoms with Crippen LogP contribution in [0, 0.1) is 6.92 Å². The van der Waals surface area contributed by atoms with Crippen molar-refractivity contribution in [2.45, 2.75) is 26.1 Å². The minimum atomic E-state index is -0.696. The first-order valence-electron chi connectivity index (χ1n) is 11.5. The highest BCUT2D eigenvalue weighted by atomic mass is 32.1. The molecule has 1 aliphatic rings. The number of aliphatic hydroxyl groups excluding tert-OH is 1. The number of carbonyl (C=O) groups excluding carboxylic acids is 2. The third-order valence-electron chi connectivity index (χ3n) is 6.13. The number of aliphatic hydroxyl groups is 1. The van der Waals surface area contributed by atoms with Gasteiger partial charge in [0.05, 0.1) is 11.6 Å². The summed E-state index contributed by atoms with van der Waals surface area (Å²) in [4.78, 5) is 32.8. The van der Waals surface area contributed by atoms with E-state index in [1.807, 2.05) is 66.9 Å². The summed E-state index contributed by atoms with van der Waals surface area (Å²) in [5, 5.41) is 13.3. The molecule has 3 heterocycles. The van der Waals surface area contributed by atoms with Gasteiger partial charge in [0.15, 0.2) is 0 Å². The molecule has 1 amide bonds. The summed E-state index contributed by atoms with van der Waals surface area (Å²) in [6.07, 6.45) is 3.33. The summed E-state index contributed by atoms with van der Waals surface area (Å²) in [5.74, 6) is -0.870. The zero-order valence-corrected chi connectivity index (χ0v) is 20.4. The van der Waals surface area contributed by atoms with E-state index in [-0.39, 0.29) is 17.9 Å². The van der Waals surface area contributed by atoms with E-state index in [1.165, 1.54) is 16.2 Å². The molecule has 1 aliphatic heterocycles. The van der Waals surface area contributed by atoms with Gasteiger partial charge >= 0.3 is 0 Å². The molecule has 180 valence electrons. The molecular formula is C29H24N2O4S. The van der Waals surface area contributed by atoms with Crippen molar-refractivity contribution in [1.29, 1.82) is 0 Å². The molecule has 2 aromatic heterocycles. The lowest BCUT2D eigenvalue weighted by atomic mass is 9.97. The van der Waals surface area contributed by atoms with Gasteiger partial charge in [-0.05, 0) is 59.3 Å². The second kappa shape index (κ2) is 10.2. The van der Waals surface area contributed by atoms with Gasteiger partial charge in [-0.1, -0.05) is 42.5 Å². The SMILES string of the molecule is Cc1cc(OCc2ccccc2)ccc1/C(O)=C1\C(=O)C(=O)N(Cc2cccnc2)C1c1cccs1. The smallest absolute Gasteiger partial charge is 0.295 e. The Morgan fingerprint density at radius 3 is 2.53 bits per heavy atom. The van der Waals surface area contributed by atoms with E-state index in [4.69, 9.17) is 4.74 Å². The largest absolute Gasteiger partial charge is 0.507 e. The first kappa shape index (κ1) is 23.5. The maximum Gasteiger partial charge on any atom is 0.295 e. The number of rotatable bonds is 7. The predicted molar refractivity (Wildman–Crippen MR) is 138 cm³/mol. The van der Waals surface area contributed by atoms with E-state index in [1.54, 1.807) is 30.6 Å². The number of benzene rings is 2. The van der Waals surface area contributed by atoms with Crippen LogP contribution in [0.2, 0.25) is 0 Å². The highest BCUT2D eigenvalue weighted by molar-refractivity contribution is 7.10. The molecule has 1 atom stereocenters. The number of ketones is 1. The van der Waals surface area contributed by atoms with Crippen molar-refractivity contribution < 1.29 is 19.4 Å². The summed E-state index contributed by atoms with van der Waals surface area (Å²) < 4.78 is 5.90. The fourth-order valence-corrected chi connectivity index (χ4v) is 5.20. The molecule has 5 rings (SSSR count). The van der Waals surface area contributed by atoms with Crippen LogP contribution in [-0.2, 0) is 22.7 Å². The van der Waals surface area contributed by atoms with Crippen LogP contribution in [0.1, 0.15) is 33.2 Å². The summed E-state index contributed by atoms with van der Waals surface area (Å²) >= 11 is 1.44. The molecule has 4 aromatic rings. The Labute approximate surface area is 213 Å². The zero-order chi connectivity index (χ0) is 25.1. The minimum absolute atomic E-state index is 0.0902. The molecule has 0 aliphatic carbocycles. The highest BCUT2D eigenvalue weighted by Crippen LogP contribution is 2.42. The Bertz CT molecular complexity index is 1420. The lowest BCUT2D eigenvalue weighted by Gasteiger charge is -2.24. The Kier molecular flexibility index (Phi) is 6.64. The number of ether oxygens (including phenoxy) is 1. The monoisotopic (exact) mass is 496 g/mol. The van der Waals surface area contributed by atoms with Gasteiger partial charge in [-0.25, -0.2) is 0 Å². The number of pyridine rings is 1. The highest BCUT2D eigenvalue weighted by Gasteiger charge is 2.46. The van der Waals surface area contributed by atoms with Gasteiger partial charge in [-0.2, -0.15) is 0 Å². The Morgan fingerprint density at radius 1 is 1.03 bits per heavy atom. The number of hydrogen-bond donors (Lipinski definition) is 1. The number of carbonyl (C=O) groups is 2. The fourth-order valence-electron chi connectivity index (χ4n) is 4.35. The zero-order valence-electron chi connectivity index (χ0n) is 19.6. The third kappa shape index (κ3) is 4.65. The van der Waals surface area contributed by atoms with Crippen molar-refractivity contribution in [2.24, 2.45) is 0 Å². The molecule has 36 heavy (non-hydrogen) atoms. The Morgan fingerprint density at radius 2 is 1.83 bits per heavy atom. The molecule has 0 saturated carbocycles. The summed E-state index contributed by atoms with van der Waals surface area (Å²) in [6, 6.07) is 21.9. The van der Waals surface area contributed by atoms with Crippen LogP contribution in [0.25, 0.3) is 5.76 Å². The van der Waals surface area contributed by atoms with Gasteiger partial charge in [0.1, 0.15) is 18.1 Å². The molecule has 0 spiro atoms. The van der Waals surface area contributed by atoms with Crippen molar-refractivity contribution in [3.63, 3.8) is 0 Å². The third-order valence-corrected chi connectivity index (χ3v) is 7.05. The van der Waals surface area contributed by atoms with Crippen molar-refractivity contribution in [3.8, 4) is 5.75 Å². The maximum atomic E-state index is 13.2. The summed E-state index contributed by atoms with van der Waals surface area (Å²) in [6.45, 7) is 2.47. The number of aromatic nitrogens is 1. The van der Waals surface area contributed by atoms with Crippen molar-refractivity contribution >= 4 is 28.8 Å². The maximum absolute atomic E-state index is 13.2. The number of nitrogens with zero attached hydrogens (tertiary/aromatic N) is 2. The Hall–Kier alpha value is -4.23. The molecule has 1 N–H and O–H groups in total. The molecular weight excluding hydrogens is 472 g/mol. The number of thiophene rings is 1. The first-order chi connectivity index (χ1) is 17.5. The standard InChI is InChI=1S/C29H24N2O4S/c1-19-15-22(35-18-20-7-3-2-4-8-20)11-12-23(19)27(32)25-26(24-10-6-14-36-24)31(29(34)28(25)33)17-21-9-5-13-30-16-21/h2-16,26,32H,17-18H2,1H3/b27-25+. The number of Topliss-reactive ketones (excluding diaryl/α,β-unsaturated/α-hetero) is 1. The molecule has 0 radical (unpaired) electrons. The Balaban J connectivity index is 1.49. The molecule has 1 unspecified atom stereocenters. The topological polar surface area (TPSA) is 79.7 Å². The average Bonchev–Trinajstić information content (AvgIpc) is 3.51. The van der Waals surface area contributed by atoms with Crippen LogP contribution in [0.4, 0.5) is 0 Å². The lowest BCUT2D eigenvalue weighted by molar-refractivity contribution is -0.140. The lowest BCUT2D eigenvalue weighted by Crippen LogP contribution is -2.28. The molecule has 1 fully saturated rings. The predicted octanol–water partition coefficient (Wildman–Crippen LogP) is 5.65. The van der Waals surface area contributed by atoms with E-state index in [2.05, 4.69) is 4.98 Å². The van der Waals surface area contributed by atoms with Crippen LogP contribution in [-0.4, -0.2) is 26.7 Å². The van der Waals surface area contributed by atoms with Gasteiger partial charge in [0, 0.05) is 29.4 Å². The van der Waals surface area contributed by atoms with Gasteiger partial charge in [-0.3, -0.25) is 14.6 Å². The number of aryl methyl sites for hydroxylation is 1. The number of likely N-dealkylation sites (tertiary alicyclic amines) is 1. The summed E-state index contributed by atoms with van der Waals surface area (Å²) in [7, 11) is 0. The van der Waals surface area contributed by atoms with Gasteiger partial charge < -0.3 is 14.7 Å². The van der Waals surface area contributed by atoms with Crippen molar-refractivity contribution in [3.05, 3.63) is 123 Å². The van der Waals surface area contributed by atoms with Crippen LogP contribution >= 0.6 is 11.3 Å². The van der Waals surface area contributed by atoms with Crippen LogP contribution in [0.5, 0.6) is 5.75 Å². The minimum Gasteiger partial charge on any atom is -0.507 e. The molecule has 0 bridgehead atoms. The quantitative estimate of drug-likeness (QED) is 0.203. The number of hydrogen-bond acceptors (Lipinski definition) is 6. The van der Waals surface area contributed by atoms with Crippen molar-refractivity contribution in [2.75, 3.05) is 0 Å².